The molecular weight excluding hydrogens is 260 g/mol. The van der Waals surface area contributed by atoms with Crippen LogP contribution in [0.15, 0.2) is 24.3 Å². The first-order valence-corrected chi connectivity index (χ1v) is 7.99. The van der Waals surface area contributed by atoms with Crippen LogP contribution in [0.25, 0.3) is 0 Å². The molecule has 0 radical (unpaired) electrons. The molecule has 2 rings (SSSR count). The van der Waals surface area contributed by atoms with Crippen LogP contribution in [0, 0.1) is 5.92 Å². The minimum absolute atomic E-state index is 0.132. The summed E-state index contributed by atoms with van der Waals surface area (Å²) >= 11 is 0. The van der Waals surface area contributed by atoms with Gasteiger partial charge in [-0.05, 0) is 44.7 Å². The van der Waals surface area contributed by atoms with Gasteiger partial charge in [-0.25, -0.2) is 0 Å². The van der Waals surface area contributed by atoms with Crippen LogP contribution in [-0.2, 0) is 11.2 Å². The lowest BCUT2D eigenvalue weighted by molar-refractivity contribution is 0.169. The molecule has 3 heteroatoms. The highest BCUT2D eigenvalue weighted by atomic mass is 16.5. The second-order valence-electron chi connectivity index (χ2n) is 7.33. The molecule has 1 aromatic rings. The SMILES string of the molecule is COCC(CNC(C)(C)C)N1CC(C)Cc2ccccc21. The highest BCUT2D eigenvalue weighted by Gasteiger charge is 2.28. The number of hydrogen-bond donors (Lipinski definition) is 1. The van der Waals surface area contributed by atoms with E-state index >= 15 is 0 Å². The summed E-state index contributed by atoms with van der Waals surface area (Å²) in [4.78, 5) is 2.53. The number of anilines is 1. The van der Waals surface area contributed by atoms with E-state index in [-0.39, 0.29) is 5.54 Å². The average molecular weight is 290 g/mol. The van der Waals surface area contributed by atoms with Crippen molar-refractivity contribution in [2.75, 3.05) is 31.7 Å². The summed E-state index contributed by atoms with van der Waals surface area (Å²) in [5.74, 6) is 0.689. The predicted octanol–water partition coefficient (Wildman–Crippen LogP) is 3.09. The van der Waals surface area contributed by atoms with E-state index in [0.717, 1.165) is 19.7 Å². The van der Waals surface area contributed by atoms with E-state index in [4.69, 9.17) is 4.74 Å². The van der Waals surface area contributed by atoms with Gasteiger partial charge in [0.15, 0.2) is 0 Å². The molecule has 1 N–H and O–H groups in total. The van der Waals surface area contributed by atoms with Gasteiger partial charge in [0.25, 0.3) is 0 Å². The van der Waals surface area contributed by atoms with E-state index in [9.17, 15) is 0 Å². The van der Waals surface area contributed by atoms with Crippen molar-refractivity contribution >= 4 is 5.69 Å². The van der Waals surface area contributed by atoms with Gasteiger partial charge in [-0.15, -0.1) is 0 Å². The lowest BCUT2D eigenvalue weighted by Gasteiger charge is -2.41. The van der Waals surface area contributed by atoms with Crippen molar-refractivity contribution in [3.63, 3.8) is 0 Å². The number of fused-ring (bicyclic) bond motifs is 1. The van der Waals surface area contributed by atoms with Gasteiger partial charge in [0.1, 0.15) is 0 Å². The maximum atomic E-state index is 5.49. The Balaban J connectivity index is 2.19. The molecule has 21 heavy (non-hydrogen) atoms. The van der Waals surface area contributed by atoms with Gasteiger partial charge in [0, 0.05) is 31.4 Å². The number of para-hydroxylation sites is 1. The van der Waals surface area contributed by atoms with Gasteiger partial charge < -0.3 is 15.0 Å². The molecule has 0 saturated carbocycles. The van der Waals surface area contributed by atoms with E-state index in [1.807, 2.05) is 0 Å². The molecule has 0 aliphatic carbocycles. The topological polar surface area (TPSA) is 24.5 Å². The van der Waals surface area contributed by atoms with E-state index in [0.29, 0.717) is 12.0 Å². The molecule has 2 unspecified atom stereocenters. The van der Waals surface area contributed by atoms with Gasteiger partial charge >= 0.3 is 0 Å². The lowest BCUT2D eigenvalue weighted by Crippen LogP contribution is -2.52. The second-order valence-corrected chi connectivity index (χ2v) is 7.33. The van der Waals surface area contributed by atoms with Crippen LogP contribution in [0.4, 0.5) is 5.69 Å². The van der Waals surface area contributed by atoms with Crippen LogP contribution >= 0.6 is 0 Å². The minimum Gasteiger partial charge on any atom is -0.383 e. The first kappa shape index (κ1) is 16.3. The Hall–Kier alpha value is -1.06. The predicted molar refractivity (Wildman–Crippen MR) is 90.1 cm³/mol. The maximum absolute atomic E-state index is 5.49. The zero-order valence-electron chi connectivity index (χ0n) is 14.1. The maximum Gasteiger partial charge on any atom is 0.0678 e. The van der Waals surface area contributed by atoms with E-state index in [1.54, 1.807) is 7.11 Å². The molecule has 1 heterocycles. The fourth-order valence-corrected chi connectivity index (χ4v) is 3.06. The second kappa shape index (κ2) is 6.80. The summed E-state index contributed by atoms with van der Waals surface area (Å²) in [6, 6.07) is 9.18. The highest BCUT2D eigenvalue weighted by Crippen LogP contribution is 2.31. The Labute approximate surface area is 129 Å². The molecule has 0 amide bonds. The van der Waals surface area contributed by atoms with Crippen LogP contribution in [-0.4, -0.2) is 38.4 Å². The Bertz CT molecular complexity index is 453. The normalized spacial score (nSPS) is 20.2. The number of hydrogen-bond acceptors (Lipinski definition) is 3. The Kier molecular flexibility index (Phi) is 5.28. The van der Waals surface area contributed by atoms with Crippen molar-refractivity contribution in [1.82, 2.24) is 5.32 Å². The molecule has 1 aliphatic rings. The molecule has 0 saturated heterocycles. The lowest BCUT2D eigenvalue weighted by atomic mass is 9.92. The minimum atomic E-state index is 0.132. The van der Waals surface area contributed by atoms with Crippen LogP contribution in [0.3, 0.4) is 0 Å². The van der Waals surface area contributed by atoms with Crippen molar-refractivity contribution < 1.29 is 4.74 Å². The van der Waals surface area contributed by atoms with E-state index in [2.05, 4.69) is 62.2 Å². The molecular formula is C18H30N2O. The van der Waals surface area contributed by atoms with Gasteiger partial charge in [0.2, 0.25) is 0 Å². The zero-order valence-corrected chi connectivity index (χ0v) is 14.1. The first-order valence-electron chi connectivity index (χ1n) is 7.99. The Morgan fingerprint density at radius 2 is 2.05 bits per heavy atom. The van der Waals surface area contributed by atoms with E-state index < -0.39 is 0 Å². The highest BCUT2D eigenvalue weighted by molar-refractivity contribution is 5.56. The molecule has 0 spiro atoms. The average Bonchev–Trinajstić information content (AvgIpc) is 2.41. The van der Waals surface area contributed by atoms with Crippen molar-refractivity contribution in [3.05, 3.63) is 29.8 Å². The van der Waals surface area contributed by atoms with Crippen molar-refractivity contribution in [2.45, 2.75) is 45.7 Å². The summed E-state index contributed by atoms with van der Waals surface area (Å²) in [5, 5.41) is 3.63. The van der Waals surface area contributed by atoms with Crippen LogP contribution in [0.1, 0.15) is 33.3 Å². The first-order chi connectivity index (χ1) is 9.90. The summed E-state index contributed by atoms with van der Waals surface area (Å²) in [6.07, 6.45) is 1.18. The monoisotopic (exact) mass is 290 g/mol. The van der Waals surface area contributed by atoms with Crippen LogP contribution in [0.2, 0.25) is 0 Å². The number of methoxy groups -OCH3 is 1. The van der Waals surface area contributed by atoms with Crippen molar-refractivity contribution in [1.29, 1.82) is 0 Å². The van der Waals surface area contributed by atoms with E-state index in [1.165, 1.54) is 17.7 Å². The van der Waals surface area contributed by atoms with Gasteiger partial charge in [0.05, 0.1) is 12.6 Å². The van der Waals surface area contributed by atoms with Gasteiger partial charge in [-0.2, -0.15) is 0 Å². The molecule has 3 nitrogen and oxygen atoms in total. The Morgan fingerprint density at radius 1 is 1.33 bits per heavy atom. The summed E-state index contributed by atoms with van der Waals surface area (Å²) < 4.78 is 5.49. The molecule has 0 fully saturated rings. The number of ether oxygens (including phenoxy) is 1. The zero-order chi connectivity index (χ0) is 15.5. The number of nitrogens with zero attached hydrogens (tertiary/aromatic N) is 1. The number of benzene rings is 1. The van der Waals surface area contributed by atoms with Crippen molar-refractivity contribution in [3.8, 4) is 0 Å². The molecule has 1 aromatic carbocycles. The van der Waals surface area contributed by atoms with Gasteiger partial charge in [-0.1, -0.05) is 25.1 Å². The Morgan fingerprint density at radius 3 is 2.71 bits per heavy atom. The summed E-state index contributed by atoms with van der Waals surface area (Å²) in [5.41, 5.74) is 2.98. The van der Waals surface area contributed by atoms with Gasteiger partial charge in [-0.3, -0.25) is 0 Å². The largest absolute Gasteiger partial charge is 0.383 e. The van der Waals surface area contributed by atoms with Crippen LogP contribution in [0.5, 0.6) is 0 Å². The van der Waals surface area contributed by atoms with Crippen molar-refractivity contribution in [2.24, 2.45) is 5.92 Å². The molecule has 1 aliphatic heterocycles. The third-order valence-electron chi connectivity index (χ3n) is 4.05. The molecule has 0 aromatic heterocycles. The molecule has 2 atom stereocenters. The molecule has 0 bridgehead atoms. The quantitative estimate of drug-likeness (QED) is 0.902. The number of nitrogens with one attached hydrogen (secondary N) is 1. The summed E-state index contributed by atoms with van der Waals surface area (Å²) in [7, 11) is 1.80. The fourth-order valence-electron chi connectivity index (χ4n) is 3.06. The third-order valence-corrected chi connectivity index (χ3v) is 4.05. The standard InChI is InChI=1S/C18H30N2O/c1-14-10-15-8-6-7-9-17(15)20(12-14)16(13-21-5)11-19-18(2,3)4/h6-9,14,16,19H,10-13H2,1-5H3. The summed E-state index contributed by atoms with van der Waals surface area (Å²) in [6.45, 7) is 11.8. The number of rotatable bonds is 5. The van der Waals surface area contributed by atoms with Crippen LogP contribution < -0.4 is 10.2 Å². The smallest absolute Gasteiger partial charge is 0.0678 e. The third kappa shape index (κ3) is 4.45. The fraction of sp³-hybridized carbons (Fsp3) is 0.667. The molecule has 118 valence electrons.